The van der Waals surface area contributed by atoms with E-state index in [0.29, 0.717) is 18.5 Å². The molecule has 1 atom stereocenters. The molecular formula is C28H29N3O5. The fourth-order valence-corrected chi connectivity index (χ4v) is 4.44. The molecule has 8 heteroatoms. The average molecular weight is 488 g/mol. The Labute approximate surface area is 210 Å². The minimum atomic E-state index is -1.06. The first-order chi connectivity index (χ1) is 17.5. The summed E-state index contributed by atoms with van der Waals surface area (Å²) >= 11 is 0. The number of hydrogen-bond donors (Lipinski definition) is 1. The Bertz CT molecular complexity index is 1190. The highest BCUT2D eigenvalue weighted by molar-refractivity contribution is 5.94. The van der Waals surface area contributed by atoms with Crippen LogP contribution in [0.25, 0.3) is 0 Å². The number of hydrazine groups is 1. The maximum atomic E-state index is 13.2. The summed E-state index contributed by atoms with van der Waals surface area (Å²) in [6.45, 7) is -0.104. The summed E-state index contributed by atoms with van der Waals surface area (Å²) in [7, 11) is 0. The third-order valence-electron chi connectivity index (χ3n) is 6.16. The number of pyridine rings is 1. The van der Waals surface area contributed by atoms with E-state index >= 15 is 0 Å². The molecular weight excluding hydrogens is 458 g/mol. The normalized spacial score (nSPS) is 14.1. The number of amides is 1. The van der Waals surface area contributed by atoms with Crippen molar-refractivity contribution in [1.82, 2.24) is 9.99 Å². The van der Waals surface area contributed by atoms with E-state index in [1.807, 2.05) is 60.7 Å². The van der Waals surface area contributed by atoms with Gasteiger partial charge in [0.15, 0.2) is 0 Å². The summed E-state index contributed by atoms with van der Waals surface area (Å²) in [5, 5.41) is 12.7. The maximum absolute atomic E-state index is 13.2. The van der Waals surface area contributed by atoms with Gasteiger partial charge in [-0.2, -0.15) is 0 Å². The van der Waals surface area contributed by atoms with Gasteiger partial charge in [0.05, 0.1) is 11.6 Å². The Morgan fingerprint density at radius 3 is 2.56 bits per heavy atom. The van der Waals surface area contributed by atoms with Gasteiger partial charge in [-0.1, -0.05) is 54.6 Å². The van der Waals surface area contributed by atoms with Crippen LogP contribution < -0.4 is 5.01 Å². The molecule has 0 saturated carbocycles. The summed E-state index contributed by atoms with van der Waals surface area (Å²) in [4.78, 5) is 42.1. The zero-order chi connectivity index (χ0) is 25.3. The molecule has 1 aliphatic rings. The highest BCUT2D eigenvalue weighted by atomic mass is 16.5. The molecule has 2 heterocycles. The van der Waals surface area contributed by atoms with Gasteiger partial charge < -0.3 is 9.84 Å². The van der Waals surface area contributed by atoms with Crippen LogP contribution in [0.3, 0.4) is 0 Å². The molecule has 3 aromatic rings. The number of nitrogens with zero attached hydrogens (tertiary/aromatic N) is 3. The number of carbonyl (C=O) groups is 3. The third-order valence-corrected chi connectivity index (χ3v) is 6.16. The van der Waals surface area contributed by atoms with E-state index < -0.39 is 17.9 Å². The van der Waals surface area contributed by atoms with Crippen molar-refractivity contribution in [3.63, 3.8) is 0 Å². The number of fused-ring (bicyclic) bond motifs is 1. The van der Waals surface area contributed by atoms with Crippen molar-refractivity contribution in [2.24, 2.45) is 0 Å². The first-order valence-electron chi connectivity index (χ1n) is 12.0. The van der Waals surface area contributed by atoms with E-state index in [1.165, 1.54) is 10.0 Å². The molecule has 0 bridgehead atoms. The van der Waals surface area contributed by atoms with Crippen LogP contribution in [0.5, 0.6) is 0 Å². The monoisotopic (exact) mass is 487 g/mol. The van der Waals surface area contributed by atoms with E-state index in [2.05, 4.69) is 4.98 Å². The molecule has 0 saturated heterocycles. The standard InChI is InChI=1S/C28H29N3O5/c32-26-14-6-12-23-11-4-5-13-25(23)31(26)30(19-27(33)34)17-15-24(22-9-2-1-3-10-22)28(35)36-20-21-8-7-16-29-18-21/h1-5,7-11,13,16,18,24H,6,12,14-15,17,19-20H2,(H,33,34). The Morgan fingerprint density at radius 1 is 1.03 bits per heavy atom. The quantitative estimate of drug-likeness (QED) is 0.432. The van der Waals surface area contributed by atoms with E-state index in [1.54, 1.807) is 18.5 Å². The predicted octanol–water partition coefficient (Wildman–Crippen LogP) is 3.97. The third kappa shape index (κ3) is 6.34. The van der Waals surface area contributed by atoms with E-state index in [4.69, 9.17) is 4.74 Å². The molecule has 8 nitrogen and oxygen atoms in total. The SMILES string of the molecule is O=C(O)CN(CCC(C(=O)OCc1cccnc1)c1ccccc1)N1C(=O)CCCc2ccccc21. The van der Waals surface area contributed by atoms with Crippen LogP contribution in [0.1, 0.15) is 41.9 Å². The molecule has 4 rings (SSSR count). The van der Waals surface area contributed by atoms with E-state index in [9.17, 15) is 19.5 Å². The smallest absolute Gasteiger partial charge is 0.319 e. The van der Waals surface area contributed by atoms with Crippen LogP contribution in [-0.2, 0) is 32.1 Å². The van der Waals surface area contributed by atoms with Crippen molar-refractivity contribution in [1.29, 1.82) is 0 Å². The predicted molar refractivity (Wildman–Crippen MR) is 134 cm³/mol. The Balaban J connectivity index is 1.57. The maximum Gasteiger partial charge on any atom is 0.319 e. The Hall–Kier alpha value is -4.04. The second-order valence-corrected chi connectivity index (χ2v) is 8.69. The minimum Gasteiger partial charge on any atom is -0.480 e. The highest BCUT2D eigenvalue weighted by Crippen LogP contribution is 2.30. The van der Waals surface area contributed by atoms with Gasteiger partial charge in [0.1, 0.15) is 13.2 Å². The molecule has 0 spiro atoms. The minimum absolute atomic E-state index is 0.0901. The largest absolute Gasteiger partial charge is 0.480 e. The first-order valence-corrected chi connectivity index (χ1v) is 12.0. The lowest BCUT2D eigenvalue weighted by atomic mass is 9.95. The van der Waals surface area contributed by atoms with Crippen LogP contribution in [-0.4, -0.2) is 46.0 Å². The lowest BCUT2D eigenvalue weighted by Crippen LogP contribution is -2.50. The molecule has 0 radical (unpaired) electrons. The number of para-hydroxylation sites is 1. The van der Waals surface area contributed by atoms with Crippen molar-refractivity contribution >= 4 is 23.5 Å². The number of ether oxygens (including phenoxy) is 1. The number of carboxylic acids is 1. The van der Waals surface area contributed by atoms with Gasteiger partial charge in [0.2, 0.25) is 5.91 Å². The second-order valence-electron chi connectivity index (χ2n) is 8.69. The highest BCUT2D eigenvalue weighted by Gasteiger charge is 2.31. The fraction of sp³-hybridized carbons (Fsp3) is 0.286. The number of aryl methyl sites for hydroxylation is 1. The van der Waals surface area contributed by atoms with Crippen LogP contribution in [0.2, 0.25) is 0 Å². The first kappa shape index (κ1) is 25.1. The molecule has 0 aliphatic carbocycles. The number of hydrogen-bond acceptors (Lipinski definition) is 6. The van der Waals surface area contributed by atoms with Crippen molar-refractivity contribution in [3.05, 3.63) is 95.8 Å². The van der Waals surface area contributed by atoms with Gasteiger partial charge in [-0.25, -0.2) is 10.0 Å². The zero-order valence-corrected chi connectivity index (χ0v) is 20.0. The van der Waals surface area contributed by atoms with Crippen LogP contribution in [0.15, 0.2) is 79.1 Å². The van der Waals surface area contributed by atoms with E-state index in [0.717, 1.165) is 23.1 Å². The van der Waals surface area contributed by atoms with Gasteiger partial charge in [-0.05, 0) is 42.5 Å². The topological polar surface area (TPSA) is 100 Å². The molecule has 1 aliphatic heterocycles. The van der Waals surface area contributed by atoms with Crippen molar-refractivity contribution < 1.29 is 24.2 Å². The zero-order valence-electron chi connectivity index (χ0n) is 20.0. The summed E-state index contributed by atoms with van der Waals surface area (Å²) in [6, 6.07) is 20.4. The van der Waals surface area contributed by atoms with Gasteiger partial charge in [0.25, 0.3) is 0 Å². The number of carboxylic acid groups (broad SMARTS) is 1. The second kappa shape index (κ2) is 12.1. The molecule has 186 valence electrons. The van der Waals surface area contributed by atoms with Gasteiger partial charge in [-0.15, -0.1) is 0 Å². The number of esters is 1. The number of carbonyl (C=O) groups excluding carboxylic acids is 2. The number of anilines is 1. The van der Waals surface area contributed by atoms with Crippen molar-refractivity contribution in [2.75, 3.05) is 18.1 Å². The van der Waals surface area contributed by atoms with Gasteiger partial charge >= 0.3 is 11.9 Å². The molecule has 0 fully saturated rings. The van der Waals surface area contributed by atoms with Gasteiger partial charge in [0, 0.05) is 30.9 Å². The number of aliphatic carboxylic acids is 1. The summed E-state index contributed by atoms with van der Waals surface area (Å²) < 4.78 is 5.61. The molecule has 1 aromatic heterocycles. The Kier molecular flexibility index (Phi) is 8.41. The van der Waals surface area contributed by atoms with Crippen LogP contribution in [0, 0.1) is 0 Å². The van der Waals surface area contributed by atoms with Crippen LogP contribution in [0.4, 0.5) is 5.69 Å². The van der Waals surface area contributed by atoms with Crippen LogP contribution >= 0.6 is 0 Å². The van der Waals surface area contributed by atoms with Crippen molar-refractivity contribution in [3.8, 4) is 0 Å². The lowest BCUT2D eigenvalue weighted by molar-refractivity contribution is -0.147. The number of rotatable bonds is 10. The van der Waals surface area contributed by atoms with E-state index in [-0.39, 0.29) is 32.0 Å². The summed E-state index contributed by atoms with van der Waals surface area (Å²) in [5.74, 6) is -2.25. The number of benzene rings is 2. The lowest BCUT2D eigenvalue weighted by Gasteiger charge is -2.34. The fourth-order valence-electron chi connectivity index (χ4n) is 4.44. The van der Waals surface area contributed by atoms with Crippen molar-refractivity contribution in [2.45, 2.75) is 38.2 Å². The average Bonchev–Trinajstić information content (AvgIpc) is 3.06. The molecule has 1 amide bonds. The Morgan fingerprint density at radius 2 is 1.81 bits per heavy atom. The summed E-state index contributed by atoms with van der Waals surface area (Å²) in [5.41, 5.74) is 3.23. The molecule has 36 heavy (non-hydrogen) atoms. The molecule has 1 unspecified atom stereocenters. The molecule has 1 N–H and O–H groups in total. The summed E-state index contributed by atoms with van der Waals surface area (Å²) in [6.07, 6.45) is 5.32. The van der Waals surface area contributed by atoms with Gasteiger partial charge in [-0.3, -0.25) is 19.4 Å². The number of aromatic nitrogens is 1. The molecule has 2 aromatic carbocycles.